The van der Waals surface area contributed by atoms with Gasteiger partial charge in [-0.25, -0.2) is 4.98 Å². The number of hydrogen-bond donors (Lipinski definition) is 1. The van der Waals surface area contributed by atoms with Crippen molar-refractivity contribution in [3.63, 3.8) is 0 Å². The van der Waals surface area contributed by atoms with Gasteiger partial charge in [0.05, 0.1) is 11.0 Å². The third-order valence-corrected chi connectivity index (χ3v) is 5.95. The predicted octanol–water partition coefficient (Wildman–Crippen LogP) is 3.02. The molecule has 0 amide bonds. The van der Waals surface area contributed by atoms with Crippen LogP contribution >= 0.6 is 0 Å². The fraction of sp³-hybridized carbons (Fsp3) is 0.550. The highest BCUT2D eigenvalue weighted by Crippen LogP contribution is 2.32. The van der Waals surface area contributed by atoms with Crippen LogP contribution in [0.25, 0.3) is 0 Å². The van der Waals surface area contributed by atoms with E-state index in [0.29, 0.717) is 12.1 Å². The van der Waals surface area contributed by atoms with Crippen LogP contribution in [-0.2, 0) is 7.05 Å². The molecular weight excluding hydrogens is 342 g/mol. The van der Waals surface area contributed by atoms with E-state index >= 15 is 0 Å². The van der Waals surface area contributed by atoms with Crippen LogP contribution in [0.5, 0.6) is 0 Å². The van der Waals surface area contributed by atoms with E-state index in [4.69, 9.17) is 0 Å². The van der Waals surface area contributed by atoms with E-state index in [1.807, 2.05) is 23.9 Å². The van der Waals surface area contributed by atoms with Gasteiger partial charge in [-0.15, -0.1) is 0 Å². The molecule has 4 rings (SSSR count). The number of nitro groups is 1. The van der Waals surface area contributed by atoms with Crippen LogP contribution in [0.1, 0.15) is 49.5 Å². The molecule has 1 aliphatic carbocycles. The van der Waals surface area contributed by atoms with Crippen LogP contribution in [0.2, 0.25) is 0 Å². The Labute approximate surface area is 159 Å². The molecule has 144 valence electrons. The Morgan fingerprint density at radius 3 is 2.70 bits per heavy atom. The van der Waals surface area contributed by atoms with Gasteiger partial charge in [0, 0.05) is 43.7 Å². The quantitative estimate of drug-likeness (QED) is 0.626. The van der Waals surface area contributed by atoms with Gasteiger partial charge in [-0.05, 0) is 44.3 Å². The van der Waals surface area contributed by atoms with E-state index in [-0.39, 0.29) is 16.7 Å². The van der Waals surface area contributed by atoms with Crippen LogP contribution in [0.15, 0.2) is 36.7 Å². The summed E-state index contributed by atoms with van der Waals surface area (Å²) >= 11 is 0. The lowest BCUT2D eigenvalue weighted by Crippen LogP contribution is -2.54. The molecule has 7 nitrogen and oxygen atoms in total. The zero-order valence-corrected chi connectivity index (χ0v) is 15.8. The van der Waals surface area contributed by atoms with Crippen molar-refractivity contribution in [3.05, 3.63) is 58.2 Å². The smallest absolute Gasteiger partial charge is 0.269 e. The summed E-state index contributed by atoms with van der Waals surface area (Å²) in [6.07, 6.45) is 9.96. The molecule has 1 saturated carbocycles. The van der Waals surface area contributed by atoms with Gasteiger partial charge in [0.25, 0.3) is 5.69 Å². The number of likely N-dealkylation sites (tertiary alicyclic amines) is 1. The lowest BCUT2D eigenvalue weighted by molar-refractivity contribution is -0.384. The van der Waals surface area contributed by atoms with Crippen molar-refractivity contribution in [3.8, 4) is 0 Å². The molecule has 1 aliphatic heterocycles. The van der Waals surface area contributed by atoms with E-state index in [2.05, 4.69) is 15.2 Å². The molecule has 2 aliphatic rings. The normalized spacial score (nSPS) is 24.3. The van der Waals surface area contributed by atoms with Gasteiger partial charge in [-0.2, -0.15) is 0 Å². The van der Waals surface area contributed by atoms with Crippen LogP contribution < -0.4 is 5.32 Å². The fourth-order valence-corrected chi connectivity index (χ4v) is 4.33. The maximum atomic E-state index is 11.2. The van der Waals surface area contributed by atoms with E-state index in [1.165, 1.54) is 38.4 Å². The topological polar surface area (TPSA) is 76.2 Å². The Balaban J connectivity index is 1.49. The van der Waals surface area contributed by atoms with Crippen molar-refractivity contribution < 1.29 is 4.92 Å². The number of nitrogens with zero attached hydrogens (tertiary/aromatic N) is 4. The first-order valence-corrected chi connectivity index (χ1v) is 9.83. The van der Waals surface area contributed by atoms with E-state index in [9.17, 15) is 10.1 Å². The van der Waals surface area contributed by atoms with Gasteiger partial charge in [0.15, 0.2) is 0 Å². The summed E-state index contributed by atoms with van der Waals surface area (Å²) in [4.78, 5) is 18.0. The minimum Gasteiger partial charge on any atom is -0.336 e. The summed E-state index contributed by atoms with van der Waals surface area (Å²) in [5.74, 6) is 0.886. The van der Waals surface area contributed by atoms with Crippen LogP contribution in [0, 0.1) is 10.1 Å². The van der Waals surface area contributed by atoms with E-state index < -0.39 is 0 Å². The summed E-state index contributed by atoms with van der Waals surface area (Å²) in [7, 11) is 1.96. The molecule has 27 heavy (non-hydrogen) atoms. The number of aromatic nitrogens is 2. The molecule has 1 unspecified atom stereocenters. The number of non-ortho nitro benzene ring substituents is 1. The fourth-order valence-electron chi connectivity index (χ4n) is 4.33. The second-order valence-corrected chi connectivity index (χ2v) is 7.77. The van der Waals surface area contributed by atoms with Crippen LogP contribution in [-0.4, -0.2) is 44.5 Å². The Hall–Kier alpha value is -2.25. The van der Waals surface area contributed by atoms with Crippen molar-refractivity contribution in [2.45, 2.75) is 50.2 Å². The number of benzene rings is 1. The lowest BCUT2D eigenvalue weighted by atomic mass is 9.83. The number of piperidine rings is 1. The van der Waals surface area contributed by atoms with Crippen molar-refractivity contribution in [1.29, 1.82) is 0 Å². The summed E-state index contributed by atoms with van der Waals surface area (Å²) in [5.41, 5.74) is 1.01. The SMILES string of the molecule is Cn1ccnc1C(NC1CC(N2CCCCC2)C1)c1cccc([N+](=O)[O-])c1. The third-order valence-electron chi connectivity index (χ3n) is 5.95. The molecule has 1 saturated heterocycles. The Bertz CT molecular complexity index is 793. The summed E-state index contributed by atoms with van der Waals surface area (Å²) in [6.45, 7) is 2.45. The number of hydrogen-bond acceptors (Lipinski definition) is 5. The van der Waals surface area contributed by atoms with Crippen LogP contribution in [0.4, 0.5) is 5.69 Å². The second-order valence-electron chi connectivity index (χ2n) is 7.77. The maximum Gasteiger partial charge on any atom is 0.269 e. The Morgan fingerprint density at radius 2 is 2.04 bits per heavy atom. The van der Waals surface area contributed by atoms with Gasteiger partial charge < -0.3 is 14.8 Å². The Morgan fingerprint density at radius 1 is 1.26 bits per heavy atom. The number of nitrogens with one attached hydrogen (secondary N) is 1. The molecule has 1 atom stereocenters. The molecule has 7 heteroatoms. The highest BCUT2D eigenvalue weighted by atomic mass is 16.6. The summed E-state index contributed by atoms with van der Waals surface area (Å²) in [6, 6.07) is 7.84. The third kappa shape index (κ3) is 3.89. The summed E-state index contributed by atoms with van der Waals surface area (Å²) in [5, 5.41) is 14.9. The molecule has 0 bridgehead atoms. The van der Waals surface area contributed by atoms with Crippen molar-refractivity contribution >= 4 is 5.69 Å². The zero-order chi connectivity index (χ0) is 18.8. The van der Waals surface area contributed by atoms with Crippen molar-refractivity contribution in [2.24, 2.45) is 7.05 Å². The average molecular weight is 369 g/mol. The van der Waals surface area contributed by atoms with Gasteiger partial charge >= 0.3 is 0 Å². The molecule has 0 radical (unpaired) electrons. The number of imidazole rings is 1. The minimum atomic E-state index is -0.339. The van der Waals surface area contributed by atoms with Crippen molar-refractivity contribution in [1.82, 2.24) is 19.8 Å². The zero-order valence-electron chi connectivity index (χ0n) is 15.8. The van der Waals surface area contributed by atoms with Crippen molar-refractivity contribution in [2.75, 3.05) is 13.1 Å². The largest absolute Gasteiger partial charge is 0.336 e. The minimum absolute atomic E-state index is 0.119. The van der Waals surface area contributed by atoms with Gasteiger partial charge in [-0.3, -0.25) is 10.1 Å². The first-order chi connectivity index (χ1) is 13.1. The maximum absolute atomic E-state index is 11.2. The predicted molar refractivity (Wildman–Crippen MR) is 104 cm³/mol. The summed E-state index contributed by atoms with van der Waals surface area (Å²) < 4.78 is 1.98. The van der Waals surface area contributed by atoms with Gasteiger partial charge in [-0.1, -0.05) is 18.6 Å². The molecule has 2 aromatic rings. The Kier molecular flexibility index (Phi) is 5.22. The number of nitro benzene ring substituents is 1. The van der Waals surface area contributed by atoms with Gasteiger partial charge in [0.1, 0.15) is 5.82 Å². The molecule has 2 fully saturated rings. The molecule has 0 spiro atoms. The van der Waals surface area contributed by atoms with Crippen LogP contribution in [0.3, 0.4) is 0 Å². The van der Waals surface area contributed by atoms with E-state index in [1.54, 1.807) is 18.3 Å². The second kappa shape index (κ2) is 7.78. The first kappa shape index (κ1) is 18.1. The molecule has 1 aromatic carbocycles. The average Bonchev–Trinajstić information content (AvgIpc) is 3.07. The first-order valence-electron chi connectivity index (χ1n) is 9.83. The molecular formula is C20H27N5O2. The number of rotatable bonds is 6. The lowest BCUT2D eigenvalue weighted by Gasteiger charge is -2.45. The van der Waals surface area contributed by atoms with Gasteiger partial charge in [0.2, 0.25) is 0 Å². The molecule has 2 heterocycles. The monoisotopic (exact) mass is 369 g/mol. The standard InChI is InChI=1S/C20H27N5O2/c1-23-11-8-21-20(23)19(15-6-5-7-17(12-15)25(26)27)22-16-13-18(14-16)24-9-3-2-4-10-24/h5-8,11-12,16,18-19,22H,2-4,9-10,13-14H2,1H3. The highest BCUT2D eigenvalue weighted by molar-refractivity contribution is 5.38. The van der Waals surface area contributed by atoms with E-state index in [0.717, 1.165) is 24.2 Å². The number of aryl methyl sites for hydroxylation is 1. The molecule has 1 N–H and O–H groups in total. The molecule has 1 aromatic heterocycles. The highest BCUT2D eigenvalue weighted by Gasteiger charge is 2.36.